The Morgan fingerprint density at radius 3 is 2.72 bits per heavy atom. The summed E-state index contributed by atoms with van der Waals surface area (Å²) in [6.45, 7) is 6.77. The Kier molecular flexibility index (Phi) is 4.59. The Morgan fingerprint density at radius 1 is 1.12 bits per heavy atom. The largest absolute Gasteiger partial charge is 0.496 e. The number of likely N-dealkylation sites (tertiary alicyclic amines) is 1. The second-order valence-corrected chi connectivity index (χ2v) is 6.81. The maximum atomic E-state index is 5.92. The highest BCUT2D eigenvalue weighted by Gasteiger charge is 2.13. The van der Waals surface area contributed by atoms with Gasteiger partial charge in [0.25, 0.3) is 0 Å². The zero-order chi connectivity index (χ0) is 17.2. The highest BCUT2D eigenvalue weighted by atomic mass is 16.5. The Bertz CT molecular complexity index is 881. The molecule has 1 N–H and O–H groups in total. The molecule has 0 aliphatic carbocycles. The van der Waals surface area contributed by atoms with Crippen LogP contribution in [0.15, 0.2) is 24.4 Å². The third-order valence-corrected chi connectivity index (χ3v) is 5.03. The summed E-state index contributed by atoms with van der Waals surface area (Å²) < 4.78 is 11.5. The molecule has 3 heterocycles. The molecule has 1 aliphatic rings. The molecular weight excluding hydrogens is 314 g/mol. The number of benzene rings is 1. The van der Waals surface area contributed by atoms with Gasteiger partial charge in [-0.05, 0) is 51.1 Å². The van der Waals surface area contributed by atoms with Gasteiger partial charge >= 0.3 is 0 Å². The molecule has 0 atom stereocenters. The van der Waals surface area contributed by atoms with Crippen molar-refractivity contribution in [1.29, 1.82) is 0 Å². The number of nitrogens with one attached hydrogen (secondary N) is 1. The third kappa shape index (κ3) is 3.34. The van der Waals surface area contributed by atoms with Gasteiger partial charge < -0.3 is 19.4 Å². The molecule has 0 unspecified atom stereocenters. The third-order valence-electron chi connectivity index (χ3n) is 5.03. The number of methoxy groups -OCH3 is 1. The van der Waals surface area contributed by atoms with Crippen LogP contribution in [0.1, 0.15) is 24.1 Å². The van der Waals surface area contributed by atoms with E-state index in [9.17, 15) is 0 Å². The summed E-state index contributed by atoms with van der Waals surface area (Å²) in [6, 6.07) is 6.30. The predicted molar refractivity (Wildman–Crippen MR) is 100 cm³/mol. The van der Waals surface area contributed by atoms with Gasteiger partial charge in [0.1, 0.15) is 5.75 Å². The van der Waals surface area contributed by atoms with Crippen LogP contribution in [-0.4, -0.2) is 48.2 Å². The number of aryl methyl sites for hydroxylation is 1. The first-order valence-electron chi connectivity index (χ1n) is 8.99. The number of H-pyrrole nitrogens is 1. The molecule has 5 heteroatoms. The van der Waals surface area contributed by atoms with E-state index in [0.29, 0.717) is 6.61 Å². The number of pyridine rings is 1. The molecule has 1 aromatic carbocycles. The number of ether oxygens (including phenoxy) is 2. The van der Waals surface area contributed by atoms with Gasteiger partial charge in [-0.15, -0.1) is 0 Å². The molecule has 0 bridgehead atoms. The van der Waals surface area contributed by atoms with E-state index in [-0.39, 0.29) is 0 Å². The van der Waals surface area contributed by atoms with Crippen LogP contribution in [0.2, 0.25) is 0 Å². The van der Waals surface area contributed by atoms with Crippen LogP contribution in [0.25, 0.3) is 21.8 Å². The molecule has 0 amide bonds. The molecular formula is C20H25N3O2. The standard InChI is InChI=1S/C20H25N3O2/c1-14-9-18-17(12-21-14)16-11-20(24-2)15(10-19(16)22-18)13-25-8-7-23-5-3-4-6-23/h9-12,22H,3-8,13H2,1-2H3. The number of aromatic amines is 1. The van der Waals surface area contributed by atoms with Crippen molar-refractivity contribution in [3.8, 4) is 5.75 Å². The van der Waals surface area contributed by atoms with Gasteiger partial charge in [-0.3, -0.25) is 4.98 Å². The predicted octanol–water partition coefficient (Wildman–Crippen LogP) is 3.65. The van der Waals surface area contributed by atoms with Gasteiger partial charge in [0, 0.05) is 45.8 Å². The molecule has 2 aromatic heterocycles. The van der Waals surface area contributed by atoms with E-state index in [2.05, 4.69) is 33.1 Å². The second-order valence-electron chi connectivity index (χ2n) is 6.81. The SMILES string of the molecule is COc1cc2c(cc1COCCN1CCCC1)[nH]c1cc(C)ncc12. The minimum atomic E-state index is 0.569. The first-order chi connectivity index (χ1) is 12.2. The average Bonchev–Trinajstić information content (AvgIpc) is 3.24. The molecule has 5 nitrogen and oxygen atoms in total. The molecule has 0 radical (unpaired) electrons. The number of fused-ring (bicyclic) bond motifs is 3. The first kappa shape index (κ1) is 16.4. The minimum Gasteiger partial charge on any atom is -0.496 e. The Balaban J connectivity index is 1.54. The Morgan fingerprint density at radius 2 is 1.92 bits per heavy atom. The number of aromatic nitrogens is 2. The second kappa shape index (κ2) is 7.02. The maximum Gasteiger partial charge on any atom is 0.125 e. The van der Waals surface area contributed by atoms with Crippen molar-refractivity contribution in [2.24, 2.45) is 0 Å². The van der Waals surface area contributed by atoms with E-state index < -0.39 is 0 Å². The summed E-state index contributed by atoms with van der Waals surface area (Å²) in [5.41, 5.74) is 4.29. The molecule has 132 valence electrons. The zero-order valence-electron chi connectivity index (χ0n) is 15.0. The highest BCUT2D eigenvalue weighted by molar-refractivity contribution is 6.07. The van der Waals surface area contributed by atoms with Crippen LogP contribution in [0.4, 0.5) is 0 Å². The normalized spacial score (nSPS) is 15.4. The van der Waals surface area contributed by atoms with Crippen LogP contribution < -0.4 is 4.74 Å². The summed E-state index contributed by atoms with van der Waals surface area (Å²) in [5.74, 6) is 0.871. The van der Waals surface area contributed by atoms with Crippen LogP contribution in [-0.2, 0) is 11.3 Å². The number of nitrogens with zero attached hydrogens (tertiary/aromatic N) is 2. The average molecular weight is 339 g/mol. The highest BCUT2D eigenvalue weighted by Crippen LogP contribution is 2.31. The lowest BCUT2D eigenvalue weighted by atomic mass is 10.1. The van der Waals surface area contributed by atoms with E-state index in [4.69, 9.17) is 9.47 Å². The fraction of sp³-hybridized carbons (Fsp3) is 0.450. The minimum absolute atomic E-state index is 0.569. The monoisotopic (exact) mass is 339 g/mol. The van der Waals surface area contributed by atoms with Crippen LogP contribution in [0.3, 0.4) is 0 Å². The quantitative estimate of drug-likeness (QED) is 0.697. The lowest BCUT2D eigenvalue weighted by Gasteiger charge is -2.15. The first-order valence-corrected chi connectivity index (χ1v) is 8.99. The van der Waals surface area contributed by atoms with Gasteiger partial charge in [-0.2, -0.15) is 0 Å². The molecule has 0 spiro atoms. The van der Waals surface area contributed by atoms with Gasteiger partial charge in [0.2, 0.25) is 0 Å². The van der Waals surface area contributed by atoms with Gasteiger partial charge in [-0.25, -0.2) is 0 Å². The van der Waals surface area contributed by atoms with Crippen LogP contribution >= 0.6 is 0 Å². The van der Waals surface area contributed by atoms with E-state index in [1.807, 2.05) is 13.1 Å². The van der Waals surface area contributed by atoms with Gasteiger partial charge in [-0.1, -0.05) is 0 Å². The number of rotatable bonds is 6. The van der Waals surface area contributed by atoms with E-state index in [1.165, 1.54) is 25.9 Å². The topological polar surface area (TPSA) is 50.4 Å². The molecule has 3 aromatic rings. The van der Waals surface area contributed by atoms with E-state index >= 15 is 0 Å². The van der Waals surface area contributed by atoms with Crippen molar-refractivity contribution in [2.75, 3.05) is 33.4 Å². The summed E-state index contributed by atoms with van der Waals surface area (Å²) in [6.07, 6.45) is 4.56. The Labute approximate surface area is 147 Å². The van der Waals surface area contributed by atoms with Crippen LogP contribution in [0, 0.1) is 6.92 Å². The summed E-state index contributed by atoms with van der Waals surface area (Å²) in [5, 5.41) is 2.26. The van der Waals surface area contributed by atoms with Gasteiger partial charge in [0.05, 0.1) is 20.3 Å². The fourth-order valence-corrected chi connectivity index (χ4v) is 3.66. The Hall–Kier alpha value is -2.11. The lowest BCUT2D eigenvalue weighted by Crippen LogP contribution is -2.23. The molecule has 0 saturated carbocycles. The van der Waals surface area contributed by atoms with Crippen molar-refractivity contribution >= 4 is 21.8 Å². The number of hydrogen-bond donors (Lipinski definition) is 1. The fourth-order valence-electron chi connectivity index (χ4n) is 3.66. The maximum absolute atomic E-state index is 5.92. The smallest absolute Gasteiger partial charge is 0.125 e. The van der Waals surface area contributed by atoms with Gasteiger partial charge in [0.15, 0.2) is 0 Å². The van der Waals surface area contributed by atoms with Crippen LogP contribution in [0.5, 0.6) is 5.75 Å². The molecule has 25 heavy (non-hydrogen) atoms. The molecule has 4 rings (SSSR count). The molecule has 1 fully saturated rings. The summed E-state index contributed by atoms with van der Waals surface area (Å²) >= 11 is 0. The van der Waals surface area contributed by atoms with E-state index in [0.717, 1.165) is 52.0 Å². The van der Waals surface area contributed by atoms with E-state index in [1.54, 1.807) is 7.11 Å². The van der Waals surface area contributed by atoms with Crippen molar-refractivity contribution < 1.29 is 9.47 Å². The van der Waals surface area contributed by atoms with Crippen molar-refractivity contribution in [3.05, 3.63) is 35.7 Å². The lowest BCUT2D eigenvalue weighted by molar-refractivity contribution is 0.0979. The van der Waals surface area contributed by atoms with Crippen molar-refractivity contribution in [2.45, 2.75) is 26.4 Å². The molecule has 1 saturated heterocycles. The van der Waals surface area contributed by atoms with Crippen molar-refractivity contribution in [3.63, 3.8) is 0 Å². The zero-order valence-corrected chi connectivity index (χ0v) is 15.0. The molecule has 1 aliphatic heterocycles. The summed E-state index contributed by atoms with van der Waals surface area (Å²) in [4.78, 5) is 10.4. The summed E-state index contributed by atoms with van der Waals surface area (Å²) in [7, 11) is 1.71. The van der Waals surface area contributed by atoms with Crippen molar-refractivity contribution in [1.82, 2.24) is 14.9 Å². The number of hydrogen-bond acceptors (Lipinski definition) is 4.